The summed E-state index contributed by atoms with van der Waals surface area (Å²) in [6, 6.07) is 3.21. The number of rotatable bonds is 6. The smallest absolute Gasteiger partial charge is 0.231 e. The lowest BCUT2D eigenvalue weighted by atomic mass is 10.1. The van der Waals surface area contributed by atoms with Gasteiger partial charge in [-0.05, 0) is 31.0 Å². The van der Waals surface area contributed by atoms with Gasteiger partial charge in [0, 0.05) is 0 Å². The van der Waals surface area contributed by atoms with Crippen molar-refractivity contribution in [2.75, 3.05) is 39.0 Å². The highest BCUT2D eigenvalue weighted by molar-refractivity contribution is 7.63. The summed E-state index contributed by atoms with van der Waals surface area (Å²) in [5.41, 5.74) is 0.971. The second-order valence-corrected chi connectivity index (χ2v) is 8.28. The highest BCUT2D eigenvalue weighted by Crippen LogP contribution is 2.38. The van der Waals surface area contributed by atoms with Crippen LogP contribution < -0.4 is 14.8 Å². The quantitative estimate of drug-likeness (QED) is 0.782. The second kappa shape index (κ2) is 6.77. The molecule has 2 N–H and O–H groups in total. The van der Waals surface area contributed by atoms with Crippen molar-refractivity contribution in [3.8, 4) is 11.5 Å². The summed E-state index contributed by atoms with van der Waals surface area (Å²) in [6.45, 7) is 2.94. The largest absolute Gasteiger partial charge is 0.494 e. The van der Waals surface area contributed by atoms with E-state index in [9.17, 15) is 9.36 Å². The van der Waals surface area contributed by atoms with Crippen LogP contribution in [0.4, 0.5) is 5.69 Å². The first-order valence-corrected chi connectivity index (χ1v) is 8.79. The third-order valence-electron chi connectivity index (χ3n) is 2.54. The Morgan fingerprint density at radius 2 is 1.75 bits per heavy atom. The van der Waals surface area contributed by atoms with Crippen LogP contribution >= 0.6 is 7.14 Å². The average molecular weight is 301 g/mol. The number of aliphatic hydroxyl groups is 1. The van der Waals surface area contributed by atoms with Crippen molar-refractivity contribution in [3.05, 3.63) is 17.7 Å². The number of benzene rings is 1. The van der Waals surface area contributed by atoms with Gasteiger partial charge < -0.3 is 24.5 Å². The van der Waals surface area contributed by atoms with Crippen LogP contribution in [0.1, 0.15) is 5.56 Å². The van der Waals surface area contributed by atoms with Crippen LogP contribution in [0.25, 0.3) is 0 Å². The van der Waals surface area contributed by atoms with E-state index in [0.29, 0.717) is 22.7 Å². The van der Waals surface area contributed by atoms with Gasteiger partial charge in [0.15, 0.2) is 0 Å². The minimum Gasteiger partial charge on any atom is -0.494 e. The summed E-state index contributed by atoms with van der Waals surface area (Å²) in [5.74, 6) is 0.388. The van der Waals surface area contributed by atoms with Crippen LogP contribution in [0.2, 0.25) is 0 Å². The summed E-state index contributed by atoms with van der Waals surface area (Å²) < 4.78 is 22.0. The van der Waals surface area contributed by atoms with Crippen molar-refractivity contribution in [2.24, 2.45) is 0 Å². The Morgan fingerprint density at radius 1 is 1.25 bits per heavy atom. The van der Waals surface area contributed by atoms with Gasteiger partial charge in [-0.25, -0.2) is 0 Å². The molecule has 0 aliphatic rings. The van der Waals surface area contributed by atoms with Crippen LogP contribution in [0.15, 0.2) is 12.1 Å². The van der Waals surface area contributed by atoms with Crippen molar-refractivity contribution < 1.29 is 23.9 Å². The van der Waals surface area contributed by atoms with Gasteiger partial charge in [-0.2, -0.15) is 0 Å². The van der Waals surface area contributed by atoms with Crippen molar-refractivity contribution in [3.63, 3.8) is 0 Å². The predicted octanol–water partition coefficient (Wildman–Crippen LogP) is 1.76. The normalized spacial score (nSPS) is 11.1. The lowest BCUT2D eigenvalue weighted by Crippen LogP contribution is -2.17. The number of aliphatic hydroxyl groups excluding tert-OH is 1. The lowest BCUT2D eigenvalue weighted by Gasteiger charge is -2.16. The third-order valence-corrected chi connectivity index (χ3v) is 3.59. The van der Waals surface area contributed by atoms with E-state index in [1.54, 1.807) is 25.5 Å². The van der Waals surface area contributed by atoms with E-state index < -0.39 is 7.14 Å². The van der Waals surface area contributed by atoms with E-state index >= 15 is 0 Å². The molecular weight excluding hydrogens is 281 g/mol. The van der Waals surface area contributed by atoms with E-state index in [1.807, 2.05) is 0 Å². The molecule has 0 unspecified atom stereocenters. The molecule has 1 aromatic rings. The molecule has 7 heteroatoms. The Bertz CT molecular complexity index is 513. The zero-order valence-electron chi connectivity index (χ0n) is 12.1. The van der Waals surface area contributed by atoms with Crippen molar-refractivity contribution in [1.82, 2.24) is 0 Å². The van der Waals surface area contributed by atoms with Crippen LogP contribution in [-0.2, 0) is 16.0 Å². The topological polar surface area (TPSA) is 84.9 Å². The predicted molar refractivity (Wildman–Crippen MR) is 78.4 cm³/mol. The van der Waals surface area contributed by atoms with Gasteiger partial charge in [-0.3, -0.25) is 4.79 Å². The summed E-state index contributed by atoms with van der Waals surface area (Å²) in [7, 11) is 0.454. The number of nitrogens with one attached hydrogen (secondary N) is 1. The fourth-order valence-electron chi connectivity index (χ4n) is 1.71. The summed E-state index contributed by atoms with van der Waals surface area (Å²) in [5, 5.41) is 11.8. The van der Waals surface area contributed by atoms with Gasteiger partial charge in [0.2, 0.25) is 5.91 Å². The van der Waals surface area contributed by atoms with Crippen LogP contribution in [0.3, 0.4) is 0 Å². The standard InChI is InChI=1S/C13H20NO5P/c1-18-10-5-9(7-15)6-11(19-2)13(10)14-12(16)8-20(3,4)17/h5-6,15H,7-8H2,1-4H3,(H,14,16). The van der Waals surface area contributed by atoms with Gasteiger partial charge in [-0.1, -0.05) is 0 Å². The van der Waals surface area contributed by atoms with Crippen molar-refractivity contribution in [1.29, 1.82) is 0 Å². The first-order valence-electron chi connectivity index (χ1n) is 6.00. The van der Waals surface area contributed by atoms with Gasteiger partial charge in [0.25, 0.3) is 0 Å². The van der Waals surface area contributed by atoms with E-state index in [2.05, 4.69) is 5.32 Å². The Hall–Kier alpha value is -1.52. The molecule has 0 aromatic heterocycles. The first-order chi connectivity index (χ1) is 9.30. The summed E-state index contributed by atoms with van der Waals surface area (Å²) in [6.07, 6.45) is -0.0545. The number of carbonyl (C=O) groups excluding carboxylic acids is 1. The molecule has 0 bridgehead atoms. The highest BCUT2D eigenvalue weighted by atomic mass is 31.2. The second-order valence-electron chi connectivity index (χ2n) is 4.81. The number of amides is 1. The number of ether oxygens (including phenoxy) is 2. The molecule has 0 aliphatic heterocycles. The zero-order valence-corrected chi connectivity index (χ0v) is 13.0. The molecule has 0 saturated heterocycles. The van der Waals surface area contributed by atoms with Crippen LogP contribution in [-0.4, -0.2) is 44.7 Å². The SMILES string of the molecule is COc1cc(CO)cc(OC)c1NC(=O)CP(C)(C)=O. The molecule has 1 rings (SSSR count). The van der Waals surface area contributed by atoms with Gasteiger partial charge in [-0.15, -0.1) is 0 Å². The molecule has 1 aromatic carbocycles. The summed E-state index contributed by atoms with van der Waals surface area (Å²) in [4.78, 5) is 11.9. The lowest BCUT2D eigenvalue weighted by molar-refractivity contribution is -0.113. The minimum absolute atomic E-state index is 0.0545. The number of hydrogen-bond donors (Lipinski definition) is 2. The molecule has 6 nitrogen and oxygen atoms in total. The maximum absolute atomic E-state index is 11.9. The summed E-state index contributed by atoms with van der Waals surface area (Å²) >= 11 is 0. The molecule has 0 radical (unpaired) electrons. The maximum atomic E-state index is 11.9. The molecule has 0 fully saturated rings. The molecule has 0 heterocycles. The Kier molecular flexibility index (Phi) is 5.60. The van der Waals surface area contributed by atoms with Crippen molar-refractivity contribution in [2.45, 2.75) is 6.61 Å². The monoisotopic (exact) mass is 301 g/mol. The molecule has 112 valence electrons. The van der Waals surface area contributed by atoms with E-state index in [-0.39, 0.29) is 18.7 Å². The molecule has 20 heavy (non-hydrogen) atoms. The zero-order chi connectivity index (χ0) is 15.3. The van der Waals surface area contributed by atoms with E-state index in [0.717, 1.165) is 0 Å². The maximum Gasteiger partial charge on any atom is 0.231 e. The van der Waals surface area contributed by atoms with Crippen molar-refractivity contribution >= 4 is 18.7 Å². The van der Waals surface area contributed by atoms with E-state index in [1.165, 1.54) is 14.2 Å². The first kappa shape index (κ1) is 16.5. The Labute approximate surface area is 118 Å². The fourth-order valence-corrected chi connectivity index (χ4v) is 2.48. The highest BCUT2D eigenvalue weighted by Gasteiger charge is 2.19. The van der Waals surface area contributed by atoms with E-state index in [4.69, 9.17) is 14.6 Å². The number of anilines is 1. The van der Waals surface area contributed by atoms with Gasteiger partial charge in [0.1, 0.15) is 17.2 Å². The van der Waals surface area contributed by atoms with Crippen LogP contribution in [0, 0.1) is 0 Å². The molecular formula is C13H20NO5P. The minimum atomic E-state index is -2.45. The molecule has 0 saturated carbocycles. The Morgan fingerprint density at radius 3 is 2.10 bits per heavy atom. The molecule has 0 spiro atoms. The number of methoxy groups -OCH3 is 2. The van der Waals surface area contributed by atoms with Gasteiger partial charge >= 0.3 is 0 Å². The average Bonchev–Trinajstić information content (AvgIpc) is 2.36. The molecule has 0 atom stereocenters. The molecule has 0 aliphatic carbocycles. The number of hydrogen-bond acceptors (Lipinski definition) is 5. The number of carbonyl (C=O) groups is 1. The Balaban J connectivity index is 3.10. The fraction of sp³-hybridized carbons (Fsp3) is 0.462. The third kappa shape index (κ3) is 4.54. The van der Waals surface area contributed by atoms with Crippen LogP contribution in [0.5, 0.6) is 11.5 Å². The molecule has 1 amide bonds. The van der Waals surface area contributed by atoms with Gasteiger partial charge in [0.05, 0.1) is 34.1 Å².